The van der Waals surface area contributed by atoms with Gasteiger partial charge in [-0.1, -0.05) is 13.3 Å². The Morgan fingerprint density at radius 3 is 2.58 bits per heavy atom. The van der Waals surface area contributed by atoms with Crippen LogP contribution in [-0.4, -0.2) is 15.0 Å². The second kappa shape index (κ2) is 5.50. The maximum atomic E-state index is 13.4. The number of rotatable bonds is 5. The van der Waals surface area contributed by atoms with Crippen LogP contribution in [0.5, 0.6) is 0 Å². The van der Waals surface area contributed by atoms with E-state index in [1.165, 1.54) is 12.1 Å². The first kappa shape index (κ1) is 14.9. The third-order valence-electron chi connectivity index (χ3n) is 4.00. The zero-order valence-electron chi connectivity index (χ0n) is 10.7. The summed E-state index contributed by atoms with van der Waals surface area (Å²) in [5.41, 5.74) is 0.0982. The van der Waals surface area contributed by atoms with E-state index in [1.54, 1.807) is 0 Å². The highest BCUT2D eigenvalue weighted by Gasteiger charge is 2.36. The Morgan fingerprint density at radius 2 is 2.11 bits per heavy atom. The molecule has 1 aromatic rings. The lowest BCUT2D eigenvalue weighted by Gasteiger charge is -2.41. The summed E-state index contributed by atoms with van der Waals surface area (Å²) >= 11 is 3.01. The summed E-state index contributed by atoms with van der Waals surface area (Å²) in [6, 6.07) is 3.84. The van der Waals surface area contributed by atoms with Gasteiger partial charge in [0.2, 0.25) is 10.0 Å². The third kappa shape index (κ3) is 3.17. The summed E-state index contributed by atoms with van der Waals surface area (Å²) in [4.78, 5) is -0.0289. The summed E-state index contributed by atoms with van der Waals surface area (Å²) in [6.45, 7) is 2.51. The monoisotopic (exact) mass is 349 g/mol. The molecule has 3 nitrogen and oxygen atoms in total. The van der Waals surface area contributed by atoms with E-state index in [4.69, 9.17) is 0 Å². The van der Waals surface area contributed by atoms with E-state index in [0.29, 0.717) is 6.54 Å². The normalized spacial score (nSPS) is 18.1. The Hall–Kier alpha value is -0.460. The minimum Gasteiger partial charge on any atom is -0.211 e. The van der Waals surface area contributed by atoms with Crippen LogP contribution in [0.4, 0.5) is 4.39 Å². The minimum atomic E-state index is -3.63. The molecule has 0 atom stereocenters. The van der Waals surface area contributed by atoms with Gasteiger partial charge in [0.25, 0.3) is 0 Å². The maximum Gasteiger partial charge on any atom is 0.240 e. The van der Waals surface area contributed by atoms with Gasteiger partial charge in [-0.05, 0) is 58.8 Å². The lowest BCUT2D eigenvalue weighted by atomic mass is 9.67. The molecular formula is C13H17BrFNO2S. The Morgan fingerprint density at radius 1 is 1.42 bits per heavy atom. The van der Waals surface area contributed by atoms with Crippen molar-refractivity contribution in [1.82, 2.24) is 4.72 Å². The molecule has 0 spiro atoms. The van der Waals surface area contributed by atoms with Crippen molar-refractivity contribution < 1.29 is 12.8 Å². The topological polar surface area (TPSA) is 46.2 Å². The molecule has 0 saturated heterocycles. The van der Waals surface area contributed by atoms with E-state index in [0.717, 1.165) is 31.7 Å². The highest BCUT2D eigenvalue weighted by atomic mass is 79.9. The lowest BCUT2D eigenvalue weighted by molar-refractivity contribution is 0.133. The molecule has 1 fully saturated rings. The highest BCUT2D eigenvalue weighted by Crippen LogP contribution is 2.43. The molecular weight excluding hydrogens is 333 g/mol. The van der Waals surface area contributed by atoms with Gasteiger partial charge in [-0.3, -0.25) is 0 Å². The van der Waals surface area contributed by atoms with E-state index in [2.05, 4.69) is 27.6 Å². The molecule has 0 amide bonds. The number of hydrogen-bond donors (Lipinski definition) is 1. The molecule has 1 saturated carbocycles. The van der Waals surface area contributed by atoms with Gasteiger partial charge in [0.1, 0.15) is 5.82 Å². The number of nitrogens with one attached hydrogen (secondary N) is 1. The predicted molar refractivity (Wildman–Crippen MR) is 75.9 cm³/mol. The standard InChI is InChI=1S/C13H17BrFNO2S/c1-2-13(6-3-7-13)9-16-19(17,18)10-4-5-11(14)12(15)8-10/h4-5,8,16H,2-3,6-7,9H2,1H3. The molecule has 0 heterocycles. The van der Waals surface area contributed by atoms with Crippen LogP contribution in [0.15, 0.2) is 27.6 Å². The first-order valence-electron chi connectivity index (χ1n) is 6.33. The fourth-order valence-electron chi connectivity index (χ4n) is 2.31. The van der Waals surface area contributed by atoms with Crippen LogP contribution in [0.25, 0.3) is 0 Å². The van der Waals surface area contributed by atoms with Crippen LogP contribution < -0.4 is 4.72 Å². The van der Waals surface area contributed by atoms with Crippen LogP contribution in [0.1, 0.15) is 32.6 Å². The first-order valence-corrected chi connectivity index (χ1v) is 8.61. The molecule has 1 N–H and O–H groups in total. The van der Waals surface area contributed by atoms with Crippen LogP contribution >= 0.6 is 15.9 Å². The Labute approximate surface area is 121 Å². The molecule has 0 radical (unpaired) electrons. The molecule has 1 aliphatic rings. The Balaban J connectivity index is 2.11. The van der Waals surface area contributed by atoms with Crippen LogP contribution in [-0.2, 0) is 10.0 Å². The van der Waals surface area contributed by atoms with Crippen molar-refractivity contribution in [2.75, 3.05) is 6.54 Å². The Bertz CT molecular complexity index is 564. The van der Waals surface area contributed by atoms with Gasteiger partial charge in [0, 0.05) is 6.54 Å². The van der Waals surface area contributed by atoms with Gasteiger partial charge in [-0.2, -0.15) is 0 Å². The van der Waals surface area contributed by atoms with Crippen molar-refractivity contribution in [3.63, 3.8) is 0 Å². The second-order valence-corrected chi connectivity index (χ2v) is 7.73. The molecule has 0 bridgehead atoms. The molecule has 0 unspecified atom stereocenters. The van der Waals surface area contributed by atoms with Gasteiger partial charge >= 0.3 is 0 Å². The summed E-state index contributed by atoms with van der Waals surface area (Å²) < 4.78 is 40.5. The summed E-state index contributed by atoms with van der Waals surface area (Å²) in [5, 5.41) is 0. The largest absolute Gasteiger partial charge is 0.240 e. The van der Waals surface area contributed by atoms with Crippen molar-refractivity contribution in [3.05, 3.63) is 28.5 Å². The van der Waals surface area contributed by atoms with Crippen molar-refractivity contribution in [1.29, 1.82) is 0 Å². The smallest absolute Gasteiger partial charge is 0.211 e. The lowest BCUT2D eigenvalue weighted by Crippen LogP contribution is -2.41. The van der Waals surface area contributed by atoms with Gasteiger partial charge in [0.05, 0.1) is 9.37 Å². The second-order valence-electron chi connectivity index (χ2n) is 5.11. The quantitative estimate of drug-likeness (QED) is 0.884. The molecule has 0 aromatic heterocycles. The average molecular weight is 350 g/mol. The predicted octanol–water partition coefficient (Wildman–Crippen LogP) is 3.45. The third-order valence-corrected chi connectivity index (χ3v) is 6.04. The zero-order chi connectivity index (χ0) is 14.1. The number of halogens is 2. The molecule has 0 aliphatic heterocycles. The Kier molecular flexibility index (Phi) is 4.32. The van der Waals surface area contributed by atoms with Crippen molar-refractivity contribution in [3.8, 4) is 0 Å². The van der Waals surface area contributed by atoms with Gasteiger partial charge in [0.15, 0.2) is 0 Å². The summed E-state index contributed by atoms with van der Waals surface area (Å²) in [6.07, 6.45) is 4.23. The van der Waals surface area contributed by atoms with Gasteiger partial charge in [-0.15, -0.1) is 0 Å². The highest BCUT2D eigenvalue weighted by molar-refractivity contribution is 9.10. The maximum absolute atomic E-state index is 13.4. The molecule has 6 heteroatoms. The molecule has 19 heavy (non-hydrogen) atoms. The van der Waals surface area contributed by atoms with E-state index < -0.39 is 15.8 Å². The van der Waals surface area contributed by atoms with Crippen LogP contribution in [0.3, 0.4) is 0 Å². The molecule has 1 aliphatic carbocycles. The molecule has 106 valence electrons. The van der Waals surface area contributed by atoms with E-state index in [-0.39, 0.29) is 14.8 Å². The zero-order valence-corrected chi connectivity index (χ0v) is 13.2. The fourth-order valence-corrected chi connectivity index (χ4v) is 3.72. The van der Waals surface area contributed by atoms with Gasteiger partial charge in [-0.25, -0.2) is 17.5 Å². The fraction of sp³-hybridized carbons (Fsp3) is 0.538. The van der Waals surface area contributed by atoms with Crippen molar-refractivity contribution in [2.24, 2.45) is 5.41 Å². The number of sulfonamides is 1. The molecule has 1 aromatic carbocycles. The average Bonchev–Trinajstić information content (AvgIpc) is 2.31. The molecule has 2 rings (SSSR count). The number of benzene rings is 1. The summed E-state index contributed by atoms with van der Waals surface area (Å²) in [5.74, 6) is -0.572. The van der Waals surface area contributed by atoms with E-state index >= 15 is 0 Å². The van der Waals surface area contributed by atoms with Crippen molar-refractivity contribution >= 4 is 26.0 Å². The summed E-state index contributed by atoms with van der Waals surface area (Å²) in [7, 11) is -3.63. The van der Waals surface area contributed by atoms with Crippen molar-refractivity contribution in [2.45, 2.75) is 37.5 Å². The first-order chi connectivity index (χ1) is 8.88. The number of hydrogen-bond acceptors (Lipinski definition) is 2. The van der Waals surface area contributed by atoms with Crippen LogP contribution in [0.2, 0.25) is 0 Å². The SMILES string of the molecule is CCC1(CNS(=O)(=O)c2ccc(Br)c(F)c2)CCC1. The van der Waals surface area contributed by atoms with Crippen LogP contribution in [0, 0.1) is 11.2 Å². The van der Waals surface area contributed by atoms with Gasteiger partial charge < -0.3 is 0 Å². The van der Waals surface area contributed by atoms with E-state index in [1.807, 2.05) is 0 Å². The van der Waals surface area contributed by atoms with E-state index in [9.17, 15) is 12.8 Å². The minimum absolute atomic E-state index is 0.0289.